The number of ether oxygens (including phenoxy) is 1. The summed E-state index contributed by atoms with van der Waals surface area (Å²) in [4.78, 5) is 16.7. The fourth-order valence-electron chi connectivity index (χ4n) is 3.41. The van der Waals surface area contributed by atoms with E-state index in [1.807, 2.05) is 43.4 Å². The number of hydrogen-bond donors (Lipinski definition) is 0. The zero-order valence-electron chi connectivity index (χ0n) is 14.2. The van der Waals surface area contributed by atoms with Crippen molar-refractivity contribution >= 4 is 27.8 Å². The van der Waals surface area contributed by atoms with Crippen LogP contribution >= 0.6 is 0 Å². The highest BCUT2D eigenvalue weighted by molar-refractivity contribution is 6.10. The molecule has 0 atom stereocenters. The van der Waals surface area contributed by atoms with Gasteiger partial charge >= 0.3 is 5.97 Å². The summed E-state index contributed by atoms with van der Waals surface area (Å²) in [6.07, 6.45) is 0.659. The van der Waals surface area contributed by atoms with Crippen LogP contribution in [0.4, 0.5) is 0 Å². The summed E-state index contributed by atoms with van der Waals surface area (Å²) in [6, 6.07) is 20.2. The Morgan fingerprint density at radius 1 is 1.04 bits per heavy atom. The van der Waals surface area contributed by atoms with Gasteiger partial charge < -0.3 is 9.30 Å². The van der Waals surface area contributed by atoms with Crippen LogP contribution in [0.3, 0.4) is 0 Å². The molecule has 0 spiro atoms. The molecule has 124 valence electrons. The fourth-order valence-corrected chi connectivity index (χ4v) is 3.41. The Kier molecular flexibility index (Phi) is 3.73. The third-order valence-electron chi connectivity index (χ3n) is 4.56. The lowest BCUT2D eigenvalue weighted by molar-refractivity contribution is 0.0594. The second-order valence-electron chi connectivity index (χ2n) is 6.08. The minimum atomic E-state index is -0.413. The van der Waals surface area contributed by atoms with Crippen LogP contribution in [-0.2, 0) is 18.2 Å². The number of carbonyl (C=O) groups is 1. The molecule has 0 unspecified atom stereocenters. The summed E-state index contributed by atoms with van der Waals surface area (Å²) in [5.41, 5.74) is 4.55. The maximum Gasteiger partial charge on any atom is 0.356 e. The smallest absolute Gasteiger partial charge is 0.356 e. The van der Waals surface area contributed by atoms with Gasteiger partial charge in [0.15, 0.2) is 0 Å². The number of carbonyl (C=O) groups excluding carboxylic acids is 1. The number of rotatable bonds is 3. The van der Waals surface area contributed by atoms with E-state index in [1.165, 1.54) is 7.11 Å². The maximum absolute atomic E-state index is 12.1. The van der Waals surface area contributed by atoms with Crippen LogP contribution in [0.5, 0.6) is 0 Å². The number of benzene rings is 2. The number of pyridine rings is 1. The number of aromatic nitrogens is 2. The number of hydrogen-bond acceptors (Lipinski definition) is 3. The monoisotopic (exact) mass is 330 g/mol. The van der Waals surface area contributed by atoms with Gasteiger partial charge in [0.2, 0.25) is 0 Å². The van der Waals surface area contributed by atoms with Gasteiger partial charge in [-0.25, -0.2) is 9.78 Å². The fraction of sp³-hybridized carbons (Fsp3) is 0.143. The molecule has 0 bridgehead atoms. The van der Waals surface area contributed by atoms with E-state index in [-0.39, 0.29) is 0 Å². The molecule has 4 rings (SSSR count). The van der Waals surface area contributed by atoms with Crippen molar-refractivity contribution < 1.29 is 9.53 Å². The van der Waals surface area contributed by atoms with Gasteiger partial charge in [-0.05, 0) is 17.7 Å². The van der Waals surface area contributed by atoms with Gasteiger partial charge in [0, 0.05) is 29.8 Å². The van der Waals surface area contributed by atoms with Crippen LogP contribution in [0.2, 0.25) is 0 Å². The molecule has 2 heterocycles. The van der Waals surface area contributed by atoms with Crippen molar-refractivity contribution in [2.45, 2.75) is 6.42 Å². The van der Waals surface area contributed by atoms with Crippen molar-refractivity contribution in [1.29, 1.82) is 0 Å². The molecule has 25 heavy (non-hydrogen) atoms. The highest BCUT2D eigenvalue weighted by atomic mass is 16.5. The average Bonchev–Trinajstić information content (AvgIpc) is 2.95. The van der Waals surface area contributed by atoms with E-state index in [0.29, 0.717) is 12.1 Å². The number of esters is 1. The molecule has 4 nitrogen and oxygen atoms in total. The van der Waals surface area contributed by atoms with E-state index in [1.54, 1.807) is 0 Å². The minimum absolute atomic E-state index is 0.345. The third-order valence-corrected chi connectivity index (χ3v) is 4.56. The molecular formula is C21H18N2O2. The quantitative estimate of drug-likeness (QED) is 0.531. The first kappa shape index (κ1) is 15.4. The van der Waals surface area contributed by atoms with E-state index in [2.05, 4.69) is 33.8 Å². The Bertz CT molecular complexity index is 1080. The topological polar surface area (TPSA) is 44.1 Å². The van der Waals surface area contributed by atoms with Crippen molar-refractivity contribution in [2.24, 2.45) is 7.05 Å². The van der Waals surface area contributed by atoms with Gasteiger partial charge in [0.25, 0.3) is 0 Å². The molecule has 0 radical (unpaired) electrons. The predicted molar refractivity (Wildman–Crippen MR) is 98.8 cm³/mol. The average molecular weight is 330 g/mol. The third kappa shape index (κ3) is 2.56. The van der Waals surface area contributed by atoms with Gasteiger partial charge in [-0.15, -0.1) is 0 Å². The predicted octanol–water partition coefficient (Wildman–Crippen LogP) is 4.10. The molecular weight excluding hydrogens is 312 g/mol. The number of para-hydroxylation sites is 1. The van der Waals surface area contributed by atoms with Crippen LogP contribution < -0.4 is 0 Å². The van der Waals surface area contributed by atoms with Gasteiger partial charge in [0.1, 0.15) is 5.69 Å². The first-order valence-electron chi connectivity index (χ1n) is 8.18. The first-order chi connectivity index (χ1) is 12.2. The molecule has 0 aliphatic heterocycles. The molecule has 0 N–H and O–H groups in total. The summed E-state index contributed by atoms with van der Waals surface area (Å²) in [6.45, 7) is 0. The highest BCUT2D eigenvalue weighted by Crippen LogP contribution is 2.31. The van der Waals surface area contributed by atoms with Crippen molar-refractivity contribution in [3.63, 3.8) is 0 Å². The molecule has 4 heteroatoms. The minimum Gasteiger partial charge on any atom is -0.464 e. The Labute approximate surface area is 145 Å². The molecule has 2 aromatic carbocycles. The zero-order valence-corrected chi connectivity index (χ0v) is 14.2. The highest BCUT2D eigenvalue weighted by Gasteiger charge is 2.18. The van der Waals surface area contributed by atoms with Gasteiger partial charge in [-0.3, -0.25) is 0 Å². The molecule has 4 aromatic rings. The Morgan fingerprint density at radius 3 is 2.52 bits per heavy atom. The second kappa shape index (κ2) is 6.06. The summed E-state index contributed by atoms with van der Waals surface area (Å²) >= 11 is 0. The summed E-state index contributed by atoms with van der Waals surface area (Å²) in [5, 5.41) is 2.14. The molecule has 0 amide bonds. The molecule has 0 fully saturated rings. The Morgan fingerprint density at radius 2 is 1.76 bits per heavy atom. The van der Waals surface area contributed by atoms with Crippen molar-refractivity contribution in [3.8, 4) is 0 Å². The van der Waals surface area contributed by atoms with E-state index < -0.39 is 5.97 Å². The van der Waals surface area contributed by atoms with Crippen LogP contribution in [0.15, 0.2) is 60.7 Å². The molecule has 0 saturated carbocycles. The number of methoxy groups -OCH3 is 1. The second-order valence-corrected chi connectivity index (χ2v) is 6.08. The zero-order chi connectivity index (χ0) is 17.4. The van der Waals surface area contributed by atoms with Gasteiger partial charge in [0.05, 0.1) is 18.3 Å². The molecule has 0 aliphatic carbocycles. The van der Waals surface area contributed by atoms with E-state index in [9.17, 15) is 4.79 Å². The van der Waals surface area contributed by atoms with Crippen LogP contribution in [0, 0.1) is 0 Å². The van der Waals surface area contributed by atoms with E-state index in [0.717, 1.165) is 33.1 Å². The summed E-state index contributed by atoms with van der Waals surface area (Å²) < 4.78 is 7.05. The first-order valence-corrected chi connectivity index (χ1v) is 8.18. The lowest BCUT2D eigenvalue weighted by atomic mass is 10.1. The molecule has 0 saturated heterocycles. The van der Waals surface area contributed by atoms with Crippen LogP contribution in [-0.4, -0.2) is 22.6 Å². The lowest BCUT2D eigenvalue weighted by Gasteiger charge is -2.08. The number of aryl methyl sites for hydroxylation is 1. The maximum atomic E-state index is 12.1. The SMILES string of the molecule is COC(=O)c1cc2c3ccccc3n(C)c2c(Cc2ccccc2)n1. The van der Waals surface area contributed by atoms with E-state index in [4.69, 9.17) is 4.74 Å². The lowest BCUT2D eigenvalue weighted by Crippen LogP contribution is -2.08. The molecule has 0 aliphatic rings. The Balaban J connectivity index is 2.03. The van der Waals surface area contributed by atoms with Crippen LogP contribution in [0.1, 0.15) is 21.7 Å². The Hall–Kier alpha value is -3.14. The van der Waals surface area contributed by atoms with Crippen molar-refractivity contribution in [1.82, 2.24) is 9.55 Å². The normalized spacial score (nSPS) is 11.1. The van der Waals surface area contributed by atoms with Gasteiger partial charge in [-0.1, -0.05) is 48.5 Å². The van der Waals surface area contributed by atoms with E-state index >= 15 is 0 Å². The van der Waals surface area contributed by atoms with Gasteiger partial charge in [-0.2, -0.15) is 0 Å². The summed E-state index contributed by atoms with van der Waals surface area (Å²) in [7, 11) is 3.42. The molecule has 2 aromatic heterocycles. The largest absolute Gasteiger partial charge is 0.464 e. The number of nitrogens with zero attached hydrogens (tertiary/aromatic N) is 2. The summed E-state index contributed by atoms with van der Waals surface area (Å²) in [5.74, 6) is -0.413. The van der Waals surface area contributed by atoms with Crippen molar-refractivity contribution in [3.05, 3.63) is 77.6 Å². The standard InChI is InChI=1S/C21H18N2O2/c1-23-19-11-7-6-10-15(19)16-13-18(21(24)25-2)22-17(20(16)23)12-14-8-4-3-5-9-14/h3-11,13H,12H2,1-2H3. The van der Waals surface area contributed by atoms with Crippen molar-refractivity contribution in [2.75, 3.05) is 7.11 Å². The number of fused-ring (bicyclic) bond motifs is 3. The van der Waals surface area contributed by atoms with Crippen LogP contribution in [0.25, 0.3) is 21.8 Å².